The summed E-state index contributed by atoms with van der Waals surface area (Å²) in [5.41, 5.74) is 1.82. The Labute approximate surface area is 112 Å². The molecule has 1 atom stereocenters. The van der Waals surface area contributed by atoms with Gasteiger partial charge in [-0.2, -0.15) is 0 Å². The molecular weight excluding hydrogens is 254 g/mol. The highest BCUT2D eigenvalue weighted by atomic mass is 35.5. The van der Waals surface area contributed by atoms with Crippen LogP contribution in [0.4, 0.5) is 5.69 Å². The Morgan fingerprint density at radius 2 is 2.28 bits per heavy atom. The van der Waals surface area contributed by atoms with Gasteiger partial charge in [0.25, 0.3) is 0 Å². The minimum atomic E-state index is -0.791. The summed E-state index contributed by atoms with van der Waals surface area (Å²) in [6.07, 6.45) is -0.815. The Morgan fingerprint density at radius 1 is 1.56 bits per heavy atom. The van der Waals surface area contributed by atoms with Gasteiger partial charge in [0.05, 0.1) is 29.8 Å². The van der Waals surface area contributed by atoms with Crippen LogP contribution in [-0.4, -0.2) is 30.3 Å². The van der Waals surface area contributed by atoms with Gasteiger partial charge in [-0.1, -0.05) is 17.7 Å². The minimum absolute atomic E-state index is 0.0235. The molecular formula is C13H18ClNO3. The molecule has 5 heteroatoms. The highest BCUT2D eigenvalue weighted by Gasteiger charge is 2.12. The second-order valence-electron chi connectivity index (χ2n) is 4.03. The summed E-state index contributed by atoms with van der Waals surface area (Å²) in [5, 5.41) is 13.3. The maximum atomic E-state index is 11.1. The van der Waals surface area contributed by atoms with E-state index in [1.165, 1.54) is 0 Å². The van der Waals surface area contributed by atoms with E-state index in [9.17, 15) is 9.90 Å². The molecule has 0 aliphatic carbocycles. The average Bonchev–Trinajstić information content (AvgIpc) is 2.30. The summed E-state index contributed by atoms with van der Waals surface area (Å²) in [5.74, 6) is -0.401. The molecule has 1 rings (SSSR count). The smallest absolute Gasteiger partial charge is 0.308 e. The number of halogens is 1. The van der Waals surface area contributed by atoms with Crippen molar-refractivity contribution in [2.75, 3.05) is 18.5 Å². The number of benzene rings is 1. The molecule has 0 fully saturated rings. The minimum Gasteiger partial charge on any atom is -0.466 e. The van der Waals surface area contributed by atoms with E-state index in [0.717, 1.165) is 11.3 Å². The van der Waals surface area contributed by atoms with Crippen molar-refractivity contribution in [2.45, 2.75) is 26.4 Å². The number of aliphatic hydroxyl groups excluding tert-OH is 1. The third-order valence-corrected chi connectivity index (χ3v) is 2.69. The molecule has 2 N–H and O–H groups in total. The number of hydrogen-bond acceptors (Lipinski definition) is 4. The Kier molecular flexibility index (Phi) is 5.95. The van der Waals surface area contributed by atoms with E-state index in [1.54, 1.807) is 13.0 Å². The largest absolute Gasteiger partial charge is 0.466 e. The van der Waals surface area contributed by atoms with Crippen molar-refractivity contribution in [3.63, 3.8) is 0 Å². The summed E-state index contributed by atoms with van der Waals surface area (Å²) >= 11 is 6.00. The second-order valence-corrected chi connectivity index (χ2v) is 4.43. The lowest BCUT2D eigenvalue weighted by Crippen LogP contribution is -2.24. The molecule has 0 bridgehead atoms. The summed E-state index contributed by atoms with van der Waals surface area (Å²) in [6.45, 7) is 4.26. The number of carbonyl (C=O) groups is 1. The summed E-state index contributed by atoms with van der Waals surface area (Å²) in [7, 11) is 0. The maximum absolute atomic E-state index is 11.1. The van der Waals surface area contributed by atoms with Crippen LogP contribution in [0.1, 0.15) is 18.9 Å². The molecule has 0 amide bonds. The van der Waals surface area contributed by atoms with Gasteiger partial charge in [-0.25, -0.2) is 0 Å². The fourth-order valence-corrected chi connectivity index (χ4v) is 1.67. The zero-order valence-electron chi connectivity index (χ0n) is 10.6. The standard InChI is InChI=1S/C13H18ClNO3/c1-3-18-13(17)7-10(16)8-15-12-6-9(2)4-5-11(12)14/h4-6,10,15-16H,3,7-8H2,1-2H3. The van der Waals surface area contributed by atoms with Crippen molar-refractivity contribution in [1.29, 1.82) is 0 Å². The van der Waals surface area contributed by atoms with Crippen molar-refractivity contribution in [3.8, 4) is 0 Å². The molecule has 0 spiro atoms. The zero-order valence-corrected chi connectivity index (χ0v) is 11.3. The van der Waals surface area contributed by atoms with Crippen LogP contribution in [-0.2, 0) is 9.53 Å². The third-order valence-electron chi connectivity index (χ3n) is 2.36. The highest BCUT2D eigenvalue weighted by Crippen LogP contribution is 2.22. The van der Waals surface area contributed by atoms with Crippen LogP contribution in [0.25, 0.3) is 0 Å². The van der Waals surface area contributed by atoms with Crippen molar-refractivity contribution in [3.05, 3.63) is 28.8 Å². The van der Waals surface area contributed by atoms with E-state index in [2.05, 4.69) is 5.32 Å². The average molecular weight is 272 g/mol. The van der Waals surface area contributed by atoms with E-state index in [1.807, 2.05) is 19.1 Å². The van der Waals surface area contributed by atoms with Crippen LogP contribution in [0.15, 0.2) is 18.2 Å². The first-order valence-electron chi connectivity index (χ1n) is 5.86. The van der Waals surface area contributed by atoms with Gasteiger partial charge in [-0.3, -0.25) is 4.79 Å². The van der Waals surface area contributed by atoms with E-state index in [-0.39, 0.29) is 13.0 Å². The van der Waals surface area contributed by atoms with E-state index in [4.69, 9.17) is 16.3 Å². The predicted molar refractivity (Wildman–Crippen MR) is 71.9 cm³/mol. The summed E-state index contributed by atoms with van der Waals surface area (Å²) in [6, 6.07) is 5.58. The maximum Gasteiger partial charge on any atom is 0.308 e. The van der Waals surface area contributed by atoms with Gasteiger partial charge < -0.3 is 15.2 Å². The van der Waals surface area contributed by atoms with Crippen molar-refractivity contribution in [2.24, 2.45) is 0 Å². The number of aryl methyl sites for hydroxylation is 1. The van der Waals surface area contributed by atoms with Gasteiger partial charge >= 0.3 is 5.97 Å². The Morgan fingerprint density at radius 3 is 2.94 bits per heavy atom. The van der Waals surface area contributed by atoms with Crippen LogP contribution >= 0.6 is 11.6 Å². The van der Waals surface area contributed by atoms with Gasteiger partial charge in [-0.15, -0.1) is 0 Å². The molecule has 0 aromatic heterocycles. The van der Waals surface area contributed by atoms with Crippen molar-refractivity contribution < 1.29 is 14.6 Å². The molecule has 1 unspecified atom stereocenters. The van der Waals surface area contributed by atoms with Crippen LogP contribution in [0.5, 0.6) is 0 Å². The fourth-order valence-electron chi connectivity index (χ4n) is 1.49. The van der Waals surface area contributed by atoms with E-state index < -0.39 is 12.1 Å². The second kappa shape index (κ2) is 7.24. The topological polar surface area (TPSA) is 58.6 Å². The van der Waals surface area contributed by atoms with Crippen LogP contribution < -0.4 is 5.32 Å². The molecule has 0 saturated carbocycles. The monoisotopic (exact) mass is 271 g/mol. The van der Waals surface area contributed by atoms with Gasteiger partial charge in [0, 0.05) is 6.54 Å². The Balaban J connectivity index is 2.44. The molecule has 4 nitrogen and oxygen atoms in total. The zero-order chi connectivity index (χ0) is 13.5. The van der Waals surface area contributed by atoms with Crippen LogP contribution in [0.3, 0.4) is 0 Å². The molecule has 1 aromatic carbocycles. The number of rotatable bonds is 6. The molecule has 0 aliphatic heterocycles. The Hall–Kier alpha value is -1.26. The van der Waals surface area contributed by atoms with Crippen LogP contribution in [0, 0.1) is 6.92 Å². The molecule has 1 aromatic rings. The normalized spacial score (nSPS) is 12.0. The fraction of sp³-hybridized carbons (Fsp3) is 0.462. The van der Waals surface area contributed by atoms with Crippen LogP contribution in [0.2, 0.25) is 5.02 Å². The Bertz CT molecular complexity index is 409. The highest BCUT2D eigenvalue weighted by molar-refractivity contribution is 6.33. The number of nitrogens with one attached hydrogen (secondary N) is 1. The lowest BCUT2D eigenvalue weighted by molar-refractivity contribution is -0.145. The van der Waals surface area contributed by atoms with Crippen molar-refractivity contribution >= 4 is 23.3 Å². The number of aliphatic hydroxyl groups is 1. The predicted octanol–water partition coefficient (Wildman–Crippen LogP) is 2.37. The first-order chi connectivity index (χ1) is 8.52. The summed E-state index contributed by atoms with van der Waals surface area (Å²) < 4.78 is 4.75. The number of esters is 1. The van der Waals surface area contributed by atoms with Gasteiger partial charge in [0.2, 0.25) is 0 Å². The van der Waals surface area contributed by atoms with E-state index in [0.29, 0.717) is 11.6 Å². The lowest BCUT2D eigenvalue weighted by Gasteiger charge is -2.13. The number of ether oxygens (including phenoxy) is 1. The van der Waals surface area contributed by atoms with Gasteiger partial charge in [-0.05, 0) is 31.5 Å². The first-order valence-corrected chi connectivity index (χ1v) is 6.24. The number of carbonyl (C=O) groups excluding carboxylic acids is 1. The molecule has 0 aliphatic rings. The molecule has 0 saturated heterocycles. The van der Waals surface area contributed by atoms with E-state index >= 15 is 0 Å². The number of anilines is 1. The molecule has 0 radical (unpaired) electrons. The molecule has 18 heavy (non-hydrogen) atoms. The first kappa shape index (κ1) is 14.8. The molecule has 100 valence electrons. The SMILES string of the molecule is CCOC(=O)CC(O)CNc1cc(C)ccc1Cl. The van der Waals surface area contributed by atoms with Gasteiger partial charge in [0.15, 0.2) is 0 Å². The third kappa shape index (κ3) is 4.94. The number of hydrogen-bond donors (Lipinski definition) is 2. The van der Waals surface area contributed by atoms with Crippen molar-refractivity contribution in [1.82, 2.24) is 0 Å². The summed E-state index contributed by atoms with van der Waals surface area (Å²) in [4.78, 5) is 11.1. The lowest BCUT2D eigenvalue weighted by atomic mass is 10.2. The molecule has 0 heterocycles. The van der Waals surface area contributed by atoms with Gasteiger partial charge in [0.1, 0.15) is 0 Å². The quantitative estimate of drug-likeness (QED) is 0.780.